The Hall–Kier alpha value is -1.58. The van der Waals surface area contributed by atoms with Crippen molar-refractivity contribution in [3.05, 3.63) is 10.7 Å². The quantitative estimate of drug-likeness (QED) is 0.729. The molecule has 0 bridgehead atoms. The van der Waals surface area contributed by atoms with Crippen molar-refractivity contribution in [1.82, 2.24) is 9.97 Å². The number of nitrogens with zero attached hydrogens (tertiary/aromatic N) is 4. The van der Waals surface area contributed by atoms with E-state index in [0.717, 1.165) is 0 Å². The molecule has 0 saturated carbocycles. The lowest BCUT2D eigenvalue weighted by Crippen LogP contribution is -2.37. The SMILES string of the molecule is COc1nc(N2CCOCC2)nc(Cl)c1C#N. The molecule has 0 atom stereocenters. The summed E-state index contributed by atoms with van der Waals surface area (Å²) >= 11 is 5.92. The van der Waals surface area contributed by atoms with Gasteiger partial charge in [-0.05, 0) is 0 Å². The molecule has 0 radical (unpaired) electrons. The van der Waals surface area contributed by atoms with Gasteiger partial charge >= 0.3 is 0 Å². The van der Waals surface area contributed by atoms with E-state index in [-0.39, 0.29) is 16.6 Å². The van der Waals surface area contributed by atoms with E-state index in [9.17, 15) is 0 Å². The minimum atomic E-state index is 0.112. The van der Waals surface area contributed by atoms with Crippen LogP contribution in [0.4, 0.5) is 5.95 Å². The van der Waals surface area contributed by atoms with Gasteiger partial charge in [0.1, 0.15) is 6.07 Å². The molecule has 1 saturated heterocycles. The maximum absolute atomic E-state index is 8.90. The van der Waals surface area contributed by atoms with Gasteiger partial charge in [0, 0.05) is 13.1 Å². The molecule has 2 heterocycles. The smallest absolute Gasteiger partial charge is 0.237 e. The van der Waals surface area contributed by atoms with Crippen molar-refractivity contribution in [2.45, 2.75) is 0 Å². The van der Waals surface area contributed by atoms with Crippen molar-refractivity contribution >= 4 is 17.5 Å². The van der Waals surface area contributed by atoms with Gasteiger partial charge in [-0.15, -0.1) is 0 Å². The summed E-state index contributed by atoms with van der Waals surface area (Å²) in [5, 5.41) is 9.02. The molecular formula is C10H11ClN4O2. The third-order valence-corrected chi connectivity index (χ3v) is 2.69. The monoisotopic (exact) mass is 254 g/mol. The molecule has 1 aromatic heterocycles. The van der Waals surface area contributed by atoms with Crippen LogP contribution in [0.5, 0.6) is 5.88 Å². The van der Waals surface area contributed by atoms with Gasteiger partial charge in [0.05, 0.1) is 20.3 Å². The highest BCUT2D eigenvalue weighted by molar-refractivity contribution is 6.30. The second-order valence-electron chi connectivity index (χ2n) is 3.41. The number of methoxy groups -OCH3 is 1. The Kier molecular flexibility index (Phi) is 3.61. The predicted octanol–water partition coefficient (Wildman–Crippen LogP) is 0.847. The lowest BCUT2D eigenvalue weighted by Gasteiger charge is -2.27. The summed E-state index contributed by atoms with van der Waals surface area (Å²) < 4.78 is 10.3. The number of rotatable bonds is 2. The molecule has 0 amide bonds. The average molecular weight is 255 g/mol. The number of morpholine rings is 1. The first kappa shape index (κ1) is 11.9. The topological polar surface area (TPSA) is 71.3 Å². The molecule has 0 aliphatic carbocycles. The fourth-order valence-electron chi connectivity index (χ4n) is 1.55. The Morgan fingerprint density at radius 1 is 1.41 bits per heavy atom. The largest absolute Gasteiger partial charge is 0.480 e. The van der Waals surface area contributed by atoms with Crippen molar-refractivity contribution < 1.29 is 9.47 Å². The maximum atomic E-state index is 8.90. The number of ether oxygens (including phenoxy) is 2. The predicted molar refractivity (Wildman–Crippen MR) is 61.3 cm³/mol. The molecule has 1 fully saturated rings. The van der Waals surface area contributed by atoms with Crippen molar-refractivity contribution in [2.75, 3.05) is 38.3 Å². The molecule has 0 N–H and O–H groups in total. The number of halogens is 1. The average Bonchev–Trinajstić information content (AvgIpc) is 2.38. The van der Waals surface area contributed by atoms with Gasteiger partial charge in [0.15, 0.2) is 10.7 Å². The van der Waals surface area contributed by atoms with E-state index in [0.29, 0.717) is 32.3 Å². The summed E-state index contributed by atoms with van der Waals surface area (Å²) in [5.74, 6) is 0.670. The molecule has 0 aromatic carbocycles. The minimum absolute atomic E-state index is 0.112. The molecular weight excluding hydrogens is 244 g/mol. The van der Waals surface area contributed by atoms with Crippen LogP contribution in [0.3, 0.4) is 0 Å². The Balaban J connectivity index is 2.35. The molecule has 0 unspecified atom stereocenters. The Labute approximate surface area is 104 Å². The van der Waals surface area contributed by atoms with Crippen LogP contribution in [0, 0.1) is 11.3 Å². The zero-order valence-electron chi connectivity index (χ0n) is 9.31. The number of aromatic nitrogens is 2. The lowest BCUT2D eigenvalue weighted by atomic mass is 10.3. The van der Waals surface area contributed by atoms with E-state index in [1.807, 2.05) is 11.0 Å². The molecule has 1 aromatic rings. The van der Waals surface area contributed by atoms with Gasteiger partial charge in [-0.2, -0.15) is 15.2 Å². The molecule has 1 aliphatic heterocycles. The van der Waals surface area contributed by atoms with Crippen LogP contribution < -0.4 is 9.64 Å². The number of hydrogen-bond acceptors (Lipinski definition) is 6. The van der Waals surface area contributed by atoms with E-state index in [4.69, 9.17) is 26.3 Å². The lowest BCUT2D eigenvalue weighted by molar-refractivity contribution is 0.122. The van der Waals surface area contributed by atoms with Gasteiger partial charge in [-0.1, -0.05) is 11.6 Å². The standard InChI is InChI=1S/C10H11ClN4O2/c1-16-9-7(6-12)8(11)13-10(14-9)15-2-4-17-5-3-15/h2-5H2,1H3. The number of anilines is 1. The molecule has 0 spiro atoms. The summed E-state index contributed by atoms with van der Waals surface area (Å²) in [6, 6.07) is 1.92. The van der Waals surface area contributed by atoms with Crippen LogP contribution in [-0.2, 0) is 4.74 Å². The van der Waals surface area contributed by atoms with Gasteiger partial charge in [-0.25, -0.2) is 0 Å². The van der Waals surface area contributed by atoms with E-state index in [2.05, 4.69) is 9.97 Å². The van der Waals surface area contributed by atoms with Crippen LogP contribution in [0.15, 0.2) is 0 Å². The second-order valence-corrected chi connectivity index (χ2v) is 3.77. The molecule has 1 aliphatic rings. The van der Waals surface area contributed by atoms with Crippen LogP contribution in [-0.4, -0.2) is 43.4 Å². The summed E-state index contributed by atoms with van der Waals surface area (Å²) in [6.07, 6.45) is 0. The first-order chi connectivity index (χ1) is 8.26. The molecule has 17 heavy (non-hydrogen) atoms. The van der Waals surface area contributed by atoms with Crippen molar-refractivity contribution in [2.24, 2.45) is 0 Å². The highest BCUT2D eigenvalue weighted by Gasteiger charge is 2.19. The highest BCUT2D eigenvalue weighted by Crippen LogP contribution is 2.25. The third kappa shape index (κ3) is 2.40. The molecule has 6 nitrogen and oxygen atoms in total. The van der Waals surface area contributed by atoms with Crippen LogP contribution in [0.25, 0.3) is 0 Å². The van der Waals surface area contributed by atoms with E-state index >= 15 is 0 Å². The van der Waals surface area contributed by atoms with Crippen molar-refractivity contribution in [3.63, 3.8) is 0 Å². The summed E-state index contributed by atoms with van der Waals surface area (Å²) in [7, 11) is 1.45. The van der Waals surface area contributed by atoms with E-state index < -0.39 is 0 Å². The van der Waals surface area contributed by atoms with E-state index in [1.54, 1.807) is 0 Å². The summed E-state index contributed by atoms with van der Waals surface area (Å²) in [5.41, 5.74) is 0.158. The first-order valence-corrected chi connectivity index (χ1v) is 5.48. The highest BCUT2D eigenvalue weighted by atomic mass is 35.5. The summed E-state index contributed by atoms with van der Waals surface area (Å²) in [6.45, 7) is 2.66. The first-order valence-electron chi connectivity index (χ1n) is 5.10. The second kappa shape index (κ2) is 5.17. The maximum Gasteiger partial charge on any atom is 0.237 e. The van der Waals surface area contributed by atoms with Crippen LogP contribution >= 0.6 is 11.6 Å². The third-order valence-electron chi connectivity index (χ3n) is 2.42. The van der Waals surface area contributed by atoms with Gasteiger partial charge < -0.3 is 14.4 Å². The molecule has 7 heteroatoms. The number of nitriles is 1. The van der Waals surface area contributed by atoms with E-state index in [1.165, 1.54) is 7.11 Å². The Morgan fingerprint density at radius 3 is 2.71 bits per heavy atom. The zero-order valence-corrected chi connectivity index (χ0v) is 10.1. The Morgan fingerprint density at radius 2 is 2.12 bits per heavy atom. The fraction of sp³-hybridized carbons (Fsp3) is 0.500. The zero-order chi connectivity index (χ0) is 12.3. The Bertz CT molecular complexity index is 454. The van der Waals surface area contributed by atoms with Gasteiger partial charge in [0.2, 0.25) is 11.8 Å². The number of hydrogen-bond donors (Lipinski definition) is 0. The fourth-order valence-corrected chi connectivity index (χ4v) is 1.75. The van der Waals surface area contributed by atoms with Gasteiger partial charge in [0.25, 0.3) is 0 Å². The van der Waals surface area contributed by atoms with Crippen molar-refractivity contribution in [1.29, 1.82) is 5.26 Å². The molecule has 90 valence electrons. The van der Waals surface area contributed by atoms with Crippen molar-refractivity contribution in [3.8, 4) is 11.9 Å². The minimum Gasteiger partial charge on any atom is -0.480 e. The van der Waals surface area contributed by atoms with Crippen LogP contribution in [0.2, 0.25) is 5.15 Å². The normalized spacial score (nSPS) is 15.5. The van der Waals surface area contributed by atoms with Gasteiger partial charge in [-0.3, -0.25) is 0 Å². The molecule has 2 rings (SSSR count). The summed E-state index contributed by atoms with van der Waals surface area (Å²) in [4.78, 5) is 10.2. The van der Waals surface area contributed by atoms with Crippen LogP contribution in [0.1, 0.15) is 5.56 Å².